The van der Waals surface area contributed by atoms with Gasteiger partial charge in [0.1, 0.15) is 11.5 Å². The molecule has 0 radical (unpaired) electrons. The van der Waals surface area contributed by atoms with E-state index in [0.29, 0.717) is 18.1 Å². The number of carbonyl (C=O) groups is 1. The second-order valence-electron chi connectivity index (χ2n) is 4.14. The van der Waals surface area contributed by atoms with Gasteiger partial charge in [-0.05, 0) is 25.1 Å². The zero-order valence-electron chi connectivity index (χ0n) is 11.5. The lowest BCUT2D eigenvalue weighted by Gasteiger charge is -2.14. The van der Waals surface area contributed by atoms with E-state index in [4.69, 9.17) is 14.9 Å². The van der Waals surface area contributed by atoms with Gasteiger partial charge < -0.3 is 19.6 Å². The zero-order chi connectivity index (χ0) is 14.5. The summed E-state index contributed by atoms with van der Waals surface area (Å²) < 4.78 is 15.6. The van der Waals surface area contributed by atoms with Crippen LogP contribution in [0.25, 0.3) is 0 Å². The molecule has 2 N–H and O–H groups in total. The Balaban J connectivity index is 2.29. The summed E-state index contributed by atoms with van der Waals surface area (Å²) in [5.41, 5.74) is 6.98. The SMILES string of the molecule is CCOc1ccccc1C(N)c1ccc(C(=O)OC)o1. The molecule has 0 aliphatic heterocycles. The number of methoxy groups -OCH3 is 1. The lowest BCUT2D eigenvalue weighted by Crippen LogP contribution is -2.13. The summed E-state index contributed by atoms with van der Waals surface area (Å²) in [7, 11) is 1.30. The molecule has 1 heterocycles. The molecular formula is C15H17NO4. The number of hydrogen-bond acceptors (Lipinski definition) is 5. The van der Waals surface area contributed by atoms with Gasteiger partial charge in [-0.25, -0.2) is 4.79 Å². The highest BCUT2D eigenvalue weighted by atomic mass is 16.5. The third-order valence-electron chi connectivity index (χ3n) is 2.87. The third-order valence-corrected chi connectivity index (χ3v) is 2.87. The van der Waals surface area contributed by atoms with E-state index in [-0.39, 0.29) is 5.76 Å². The van der Waals surface area contributed by atoms with Crippen molar-refractivity contribution in [2.75, 3.05) is 13.7 Å². The van der Waals surface area contributed by atoms with Crippen molar-refractivity contribution in [1.82, 2.24) is 0 Å². The molecule has 5 heteroatoms. The van der Waals surface area contributed by atoms with Crippen molar-refractivity contribution in [2.24, 2.45) is 5.73 Å². The van der Waals surface area contributed by atoms with Crippen molar-refractivity contribution in [3.05, 3.63) is 53.5 Å². The van der Waals surface area contributed by atoms with Crippen LogP contribution >= 0.6 is 0 Å². The first-order valence-electron chi connectivity index (χ1n) is 6.32. The Hall–Kier alpha value is -2.27. The molecule has 0 spiro atoms. The fourth-order valence-corrected chi connectivity index (χ4v) is 1.91. The first-order valence-corrected chi connectivity index (χ1v) is 6.32. The van der Waals surface area contributed by atoms with Crippen LogP contribution < -0.4 is 10.5 Å². The summed E-state index contributed by atoms with van der Waals surface area (Å²) in [6.07, 6.45) is 0. The van der Waals surface area contributed by atoms with Crippen molar-refractivity contribution >= 4 is 5.97 Å². The quantitative estimate of drug-likeness (QED) is 0.849. The first-order chi connectivity index (χ1) is 9.67. The predicted molar refractivity (Wildman–Crippen MR) is 73.7 cm³/mol. The van der Waals surface area contributed by atoms with E-state index in [2.05, 4.69) is 4.74 Å². The number of furan rings is 1. The normalized spacial score (nSPS) is 11.9. The highest BCUT2D eigenvalue weighted by Crippen LogP contribution is 2.29. The number of esters is 1. The van der Waals surface area contributed by atoms with Crippen LogP contribution in [0.3, 0.4) is 0 Å². The largest absolute Gasteiger partial charge is 0.494 e. The van der Waals surface area contributed by atoms with Gasteiger partial charge in [-0.15, -0.1) is 0 Å². The van der Waals surface area contributed by atoms with Crippen molar-refractivity contribution < 1.29 is 18.7 Å². The van der Waals surface area contributed by atoms with Crippen molar-refractivity contribution in [3.8, 4) is 5.75 Å². The molecule has 0 bridgehead atoms. The van der Waals surface area contributed by atoms with Gasteiger partial charge in [0.2, 0.25) is 5.76 Å². The zero-order valence-corrected chi connectivity index (χ0v) is 11.5. The van der Waals surface area contributed by atoms with E-state index in [9.17, 15) is 4.79 Å². The number of para-hydroxylation sites is 1. The Labute approximate surface area is 117 Å². The van der Waals surface area contributed by atoms with E-state index >= 15 is 0 Å². The minimum absolute atomic E-state index is 0.131. The molecule has 0 fully saturated rings. The summed E-state index contributed by atoms with van der Waals surface area (Å²) >= 11 is 0. The van der Waals surface area contributed by atoms with Gasteiger partial charge in [-0.3, -0.25) is 0 Å². The summed E-state index contributed by atoms with van der Waals surface area (Å²) in [5, 5.41) is 0. The fourth-order valence-electron chi connectivity index (χ4n) is 1.91. The van der Waals surface area contributed by atoms with Crippen LogP contribution in [-0.4, -0.2) is 19.7 Å². The molecular weight excluding hydrogens is 258 g/mol. The van der Waals surface area contributed by atoms with Crippen LogP contribution in [0.2, 0.25) is 0 Å². The maximum Gasteiger partial charge on any atom is 0.373 e. The number of nitrogens with two attached hydrogens (primary N) is 1. The molecule has 2 aromatic rings. The molecule has 1 atom stereocenters. The Morgan fingerprint density at radius 2 is 2.05 bits per heavy atom. The van der Waals surface area contributed by atoms with E-state index in [0.717, 1.165) is 5.56 Å². The smallest absolute Gasteiger partial charge is 0.373 e. The molecule has 0 aliphatic carbocycles. The molecule has 20 heavy (non-hydrogen) atoms. The number of hydrogen-bond donors (Lipinski definition) is 1. The van der Waals surface area contributed by atoms with E-state index in [1.807, 2.05) is 31.2 Å². The van der Waals surface area contributed by atoms with Gasteiger partial charge in [0.05, 0.1) is 19.8 Å². The Bertz CT molecular complexity index is 591. The van der Waals surface area contributed by atoms with Gasteiger partial charge >= 0.3 is 5.97 Å². The van der Waals surface area contributed by atoms with Gasteiger partial charge in [0, 0.05) is 5.56 Å². The van der Waals surface area contributed by atoms with Crippen LogP contribution in [-0.2, 0) is 4.74 Å². The summed E-state index contributed by atoms with van der Waals surface area (Å²) in [6.45, 7) is 2.46. The van der Waals surface area contributed by atoms with E-state index < -0.39 is 12.0 Å². The molecule has 0 amide bonds. The average molecular weight is 275 g/mol. The van der Waals surface area contributed by atoms with Gasteiger partial charge in [0.15, 0.2) is 0 Å². The molecule has 5 nitrogen and oxygen atoms in total. The molecule has 2 rings (SSSR count). The van der Waals surface area contributed by atoms with E-state index in [1.54, 1.807) is 12.1 Å². The number of carbonyl (C=O) groups excluding carboxylic acids is 1. The summed E-state index contributed by atoms with van der Waals surface area (Å²) in [6, 6.07) is 10.2. The molecule has 106 valence electrons. The van der Waals surface area contributed by atoms with Crippen molar-refractivity contribution in [2.45, 2.75) is 13.0 Å². The number of benzene rings is 1. The minimum atomic E-state index is -0.526. The van der Waals surface area contributed by atoms with Gasteiger partial charge in [0.25, 0.3) is 0 Å². The second kappa shape index (κ2) is 6.25. The average Bonchev–Trinajstić information content (AvgIpc) is 2.96. The van der Waals surface area contributed by atoms with E-state index in [1.165, 1.54) is 7.11 Å². The number of rotatable bonds is 5. The molecule has 1 aromatic heterocycles. The van der Waals surface area contributed by atoms with Crippen molar-refractivity contribution in [3.63, 3.8) is 0 Å². The predicted octanol–water partition coefficient (Wildman–Crippen LogP) is 2.51. The van der Waals surface area contributed by atoms with Gasteiger partial charge in [-0.2, -0.15) is 0 Å². The maximum absolute atomic E-state index is 11.4. The summed E-state index contributed by atoms with van der Waals surface area (Å²) in [4.78, 5) is 11.4. The second-order valence-corrected chi connectivity index (χ2v) is 4.14. The Morgan fingerprint density at radius 1 is 1.30 bits per heavy atom. The maximum atomic E-state index is 11.4. The fraction of sp³-hybridized carbons (Fsp3) is 0.267. The lowest BCUT2D eigenvalue weighted by atomic mass is 10.0. The van der Waals surface area contributed by atoms with Crippen LogP contribution in [0.15, 0.2) is 40.8 Å². The molecule has 1 aromatic carbocycles. The summed E-state index contributed by atoms with van der Waals surface area (Å²) in [5.74, 6) is 0.796. The lowest BCUT2D eigenvalue weighted by molar-refractivity contribution is 0.0562. The first kappa shape index (κ1) is 14.1. The molecule has 0 saturated heterocycles. The standard InChI is InChI=1S/C15H17NO4/c1-3-19-11-7-5-4-6-10(11)14(16)12-8-9-13(20-12)15(17)18-2/h4-9,14H,3,16H2,1-2H3. The van der Waals surface area contributed by atoms with Crippen LogP contribution in [0.5, 0.6) is 5.75 Å². The molecule has 0 aliphatic rings. The highest BCUT2D eigenvalue weighted by molar-refractivity contribution is 5.86. The van der Waals surface area contributed by atoms with Crippen LogP contribution in [0.1, 0.15) is 34.8 Å². The molecule has 0 saturated carbocycles. The topological polar surface area (TPSA) is 74.7 Å². The monoisotopic (exact) mass is 275 g/mol. The highest BCUT2D eigenvalue weighted by Gasteiger charge is 2.19. The minimum Gasteiger partial charge on any atom is -0.494 e. The Morgan fingerprint density at radius 3 is 2.75 bits per heavy atom. The third kappa shape index (κ3) is 2.83. The Kier molecular flexibility index (Phi) is 4.42. The van der Waals surface area contributed by atoms with Crippen molar-refractivity contribution in [1.29, 1.82) is 0 Å². The van der Waals surface area contributed by atoms with Gasteiger partial charge in [-0.1, -0.05) is 18.2 Å². The van der Waals surface area contributed by atoms with Crippen LogP contribution in [0, 0.1) is 0 Å². The van der Waals surface area contributed by atoms with Crippen LogP contribution in [0.4, 0.5) is 0 Å². The molecule has 1 unspecified atom stereocenters. The number of ether oxygens (including phenoxy) is 2.